The van der Waals surface area contributed by atoms with Gasteiger partial charge >= 0.3 is 0 Å². The van der Waals surface area contributed by atoms with E-state index < -0.39 is 0 Å². The third kappa shape index (κ3) is 5.16. The molecule has 0 unspecified atom stereocenters. The zero-order valence-electron chi connectivity index (χ0n) is 18.7. The normalized spacial score (nSPS) is 14.6. The molecule has 2 aromatic rings. The molecule has 1 aliphatic rings. The lowest BCUT2D eigenvalue weighted by Crippen LogP contribution is -2.43. The number of carbonyl (C=O) groups is 1. The van der Waals surface area contributed by atoms with Crippen molar-refractivity contribution in [2.75, 3.05) is 23.3 Å². The standard InChI is InChI=1S/C25H31FN4O/c1-17(2)30(18(3)4)25(31)21-15-19(16-27)9-10-23(21)28-20-11-13-29(14-12-20)24-8-6-5-7-22(24)26/h5-10,15,17-18,20,28H,11-14H2,1-4H3. The molecule has 31 heavy (non-hydrogen) atoms. The minimum absolute atomic E-state index is 0.0510. The van der Waals surface area contributed by atoms with Crippen LogP contribution < -0.4 is 10.2 Å². The molecule has 1 aliphatic heterocycles. The summed E-state index contributed by atoms with van der Waals surface area (Å²) in [5.74, 6) is -0.273. The fourth-order valence-electron chi connectivity index (χ4n) is 4.31. The highest BCUT2D eigenvalue weighted by molar-refractivity contribution is 6.00. The number of nitriles is 1. The molecule has 0 spiro atoms. The first kappa shape index (κ1) is 22.6. The van der Waals surface area contributed by atoms with Gasteiger partial charge in [-0.1, -0.05) is 12.1 Å². The average Bonchev–Trinajstić information content (AvgIpc) is 2.74. The number of para-hydroxylation sites is 1. The lowest BCUT2D eigenvalue weighted by Gasteiger charge is -2.35. The molecule has 1 saturated heterocycles. The van der Waals surface area contributed by atoms with E-state index in [1.54, 1.807) is 18.2 Å². The lowest BCUT2D eigenvalue weighted by atomic mass is 10.0. The van der Waals surface area contributed by atoms with Gasteiger partial charge in [-0.15, -0.1) is 0 Å². The van der Waals surface area contributed by atoms with Crippen LogP contribution in [0, 0.1) is 17.1 Å². The Balaban J connectivity index is 1.77. The van der Waals surface area contributed by atoms with Gasteiger partial charge in [-0.3, -0.25) is 4.79 Å². The number of nitrogens with one attached hydrogen (secondary N) is 1. The van der Waals surface area contributed by atoms with Gasteiger partial charge in [-0.2, -0.15) is 5.26 Å². The number of nitrogens with zero attached hydrogens (tertiary/aromatic N) is 3. The molecule has 1 heterocycles. The van der Waals surface area contributed by atoms with Crippen LogP contribution >= 0.6 is 0 Å². The van der Waals surface area contributed by atoms with Crippen LogP contribution in [-0.2, 0) is 0 Å². The van der Waals surface area contributed by atoms with Gasteiger partial charge < -0.3 is 15.1 Å². The summed E-state index contributed by atoms with van der Waals surface area (Å²) >= 11 is 0. The predicted octanol–water partition coefficient (Wildman–Crippen LogP) is 5.04. The minimum atomic E-state index is -0.198. The van der Waals surface area contributed by atoms with Crippen LogP contribution in [0.5, 0.6) is 0 Å². The quantitative estimate of drug-likeness (QED) is 0.709. The highest BCUT2D eigenvalue weighted by Crippen LogP contribution is 2.27. The summed E-state index contributed by atoms with van der Waals surface area (Å²) in [6.07, 6.45) is 1.67. The second-order valence-corrected chi connectivity index (χ2v) is 8.63. The molecule has 0 bridgehead atoms. The van der Waals surface area contributed by atoms with Crippen LogP contribution in [-0.4, -0.2) is 42.0 Å². The van der Waals surface area contributed by atoms with Gasteiger partial charge in [0.15, 0.2) is 0 Å². The van der Waals surface area contributed by atoms with Crippen LogP contribution in [0.4, 0.5) is 15.8 Å². The smallest absolute Gasteiger partial charge is 0.256 e. The number of carbonyl (C=O) groups excluding carboxylic acids is 1. The largest absolute Gasteiger partial charge is 0.382 e. The van der Waals surface area contributed by atoms with Crippen molar-refractivity contribution in [3.63, 3.8) is 0 Å². The maximum Gasteiger partial charge on any atom is 0.256 e. The van der Waals surface area contributed by atoms with Gasteiger partial charge in [0.1, 0.15) is 5.82 Å². The van der Waals surface area contributed by atoms with Gasteiger partial charge in [0.25, 0.3) is 5.91 Å². The van der Waals surface area contributed by atoms with E-state index in [-0.39, 0.29) is 29.8 Å². The summed E-state index contributed by atoms with van der Waals surface area (Å²) in [6.45, 7) is 9.47. The number of anilines is 2. The molecule has 2 aromatic carbocycles. The molecule has 1 fully saturated rings. The van der Waals surface area contributed by atoms with Gasteiger partial charge in [-0.25, -0.2) is 4.39 Å². The Bertz CT molecular complexity index is 950. The highest BCUT2D eigenvalue weighted by atomic mass is 19.1. The molecular weight excluding hydrogens is 391 g/mol. The first-order valence-corrected chi connectivity index (χ1v) is 10.9. The van der Waals surface area contributed by atoms with Crippen molar-refractivity contribution >= 4 is 17.3 Å². The van der Waals surface area contributed by atoms with Crippen LogP contribution in [0.2, 0.25) is 0 Å². The summed E-state index contributed by atoms with van der Waals surface area (Å²) in [7, 11) is 0. The first-order valence-electron chi connectivity index (χ1n) is 10.9. The second-order valence-electron chi connectivity index (χ2n) is 8.63. The molecule has 1 N–H and O–H groups in total. The summed E-state index contributed by atoms with van der Waals surface area (Å²) in [6, 6.07) is 14.5. The fraction of sp³-hybridized carbons (Fsp3) is 0.440. The van der Waals surface area contributed by atoms with Crippen molar-refractivity contribution in [3.05, 3.63) is 59.4 Å². The third-order valence-electron chi connectivity index (χ3n) is 5.77. The van der Waals surface area contributed by atoms with Gasteiger partial charge in [-0.05, 0) is 70.9 Å². The number of hydrogen-bond acceptors (Lipinski definition) is 4. The Morgan fingerprint density at radius 2 is 1.77 bits per heavy atom. The third-order valence-corrected chi connectivity index (χ3v) is 5.77. The average molecular weight is 423 g/mol. The Morgan fingerprint density at radius 1 is 1.13 bits per heavy atom. The number of rotatable bonds is 6. The van der Waals surface area contributed by atoms with E-state index in [0.29, 0.717) is 16.8 Å². The Kier molecular flexibility index (Phi) is 7.17. The number of halogens is 1. The van der Waals surface area contributed by atoms with Gasteiger partial charge in [0.2, 0.25) is 0 Å². The van der Waals surface area contributed by atoms with E-state index in [1.807, 2.05) is 50.8 Å². The summed E-state index contributed by atoms with van der Waals surface area (Å²) in [5.41, 5.74) is 2.38. The van der Waals surface area contributed by atoms with E-state index in [2.05, 4.69) is 16.3 Å². The van der Waals surface area contributed by atoms with Gasteiger partial charge in [0.05, 0.1) is 22.9 Å². The van der Waals surface area contributed by atoms with E-state index in [4.69, 9.17) is 0 Å². The Morgan fingerprint density at radius 3 is 2.35 bits per heavy atom. The Labute approximate surface area is 184 Å². The van der Waals surface area contributed by atoms with Crippen LogP contribution in [0.3, 0.4) is 0 Å². The van der Waals surface area contributed by atoms with Crippen LogP contribution in [0.15, 0.2) is 42.5 Å². The van der Waals surface area contributed by atoms with Gasteiger partial charge in [0, 0.05) is 36.9 Å². The molecule has 3 rings (SSSR count). The monoisotopic (exact) mass is 422 g/mol. The van der Waals surface area contributed by atoms with E-state index in [0.717, 1.165) is 31.6 Å². The maximum absolute atomic E-state index is 14.1. The topological polar surface area (TPSA) is 59.4 Å². The number of hydrogen-bond donors (Lipinski definition) is 1. The lowest BCUT2D eigenvalue weighted by molar-refractivity contribution is 0.0644. The minimum Gasteiger partial charge on any atom is -0.382 e. The highest BCUT2D eigenvalue weighted by Gasteiger charge is 2.26. The number of amides is 1. The summed E-state index contributed by atoms with van der Waals surface area (Å²) < 4.78 is 14.1. The zero-order chi connectivity index (χ0) is 22.5. The van der Waals surface area contributed by atoms with Crippen molar-refractivity contribution in [2.45, 2.75) is 58.7 Å². The van der Waals surface area contributed by atoms with Crippen molar-refractivity contribution in [1.82, 2.24) is 4.90 Å². The van der Waals surface area contributed by atoms with Crippen molar-refractivity contribution in [2.24, 2.45) is 0 Å². The van der Waals surface area contributed by atoms with Crippen molar-refractivity contribution < 1.29 is 9.18 Å². The molecule has 0 aromatic heterocycles. The molecule has 0 atom stereocenters. The van der Waals surface area contributed by atoms with Crippen LogP contribution in [0.1, 0.15) is 56.5 Å². The molecule has 0 aliphatic carbocycles. The molecule has 164 valence electrons. The van der Waals surface area contributed by atoms with E-state index in [9.17, 15) is 14.4 Å². The first-order chi connectivity index (χ1) is 14.8. The second kappa shape index (κ2) is 9.82. The van der Waals surface area contributed by atoms with E-state index >= 15 is 0 Å². The SMILES string of the molecule is CC(C)N(C(=O)c1cc(C#N)ccc1NC1CCN(c2ccccc2F)CC1)C(C)C. The molecule has 1 amide bonds. The Hall–Kier alpha value is -3.07. The number of piperidine rings is 1. The summed E-state index contributed by atoms with van der Waals surface area (Å²) in [5, 5.41) is 12.9. The van der Waals surface area contributed by atoms with Crippen molar-refractivity contribution in [3.8, 4) is 6.07 Å². The molecule has 6 heteroatoms. The fourth-order valence-corrected chi connectivity index (χ4v) is 4.31. The number of benzene rings is 2. The molecule has 5 nitrogen and oxygen atoms in total. The van der Waals surface area contributed by atoms with E-state index in [1.165, 1.54) is 6.07 Å². The van der Waals surface area contributed by atoms with Crippen LogP contribution in [0.25, 0.3) is 0 Å². The molecule has 0 saturated carbocycles. The molecule has 0 radical (unpaired) electrons. The zero-order valence-corrected chi connectivity index (χ0v) is 18.7. The van der Waals surface area contributed by atoms with Crippen molar-refractivity contribution in [1.29, 1.82) is 5.26 Å². The maximum atomic E-state index is 14.1. The molecular formula is C25H31FN4O. The predicted molar refractivity (Wildman–Crippen MR) is 123 cm³/mol. The summed E-state index contributed by atoms with van der Waals surface area (Å²) in [4.78, 5) is 17.3.